The predicted octanol–water partition coefficient (Wildman–Crippen LogP) is 1.09. The van der Waals surface area contributed by atoms with E-state index < -0.39 is 0 Å². The van der Waals surface area contributed by atoms with Crippen LogP contribution >= 0.6 is 0 Å². The van der Waals surface area contributed by atoms with Gasteiger partial charge in [-0.05, 0) is 12.8 Å². The van der Waals surface area contributed by atoms with E-state index in [-0.39, 0.29) is 16.7 Å². The molecule has 7 heteroatoms. The average molecular weight is 240 g/mol. The number of nitrogens with zero attached hydrogens (tertiary/aromatic N) is 3. The van der Waals surface area contributed by atoms with Gasteiger partial charge in [-0.3, -0.25) is 10.1 Å². The summed E-state index contributed by atoms with van der Waals surface area (Å²) >= 11 is 0. The molecule has 1 aliphatic heterocycles. The van der Waals surface area contributed by atoms with Crippen LogP contribution in [0.3, 0.4) is 0 Å². The SMILES string of the molecule is CCc1nn(C)c(NC2CCOC2)c1[N+](=O)[O-]. The lowest BCUT2D eigenvalue weighted by Crippen LogP contribution is -2.21. The van der Waals surface area contributed by atoms with Crippen molar-refractivity contribution in [2.24, 2.45) is 7.05 Å². The zero-order valence-electron chi connectivity index (χ0n) is 9.97. The van der Waals surface area contributed by atoms with Gasteiger partial charge in [-0.1, -0.05) is 6.92 Å². The maximum atomic E-state index is 11.1. The van der Waals surface area contributed by atoms with Crippen molar-refractivity contribution in [3.63, 3.8) is 0 Å². The van der Waals surface area contributed by atoms with Crippen molar-refractivity contribution in [3.8, 4) is 0 Å². The van der Waals surface area contributed by atoms with E-state index in [9.17, 15) is 10.1 Å². The van der Waals surface area contributed by atoms with Gasteiger partial charge in [0.2, 0.25) is 5.82 Å². The second-order valence-electron chi connectivity index (χ2n) is 4.08. The summed E-state index contributed by atoms with van der Waals surface area (Å²) in [6.45, 7) is 3.14. The maximum absolute atomic E-state index is 11.1. The highest BCUT2D eigenvalue weighted by Crippen LogP contribution is 2.29. The summed E-state index contributed by atoms with van der Waals surface area (Å²) in [5.41, 5.74) is 0.598. The fourth-order valence-electron chi connectivity index (χ4n) is 2.00. The van der Waals surface area contributed by atoms with Crippen LogP contribution in [0.15, 0.2) is 0 Å². The molecule has 0 aromatic carbocycles. The average Bonchev–Trinajstić information content (AvgIpc) is 2.88. The number of nitrogens with one attached hydrogen (secondary N) is 1. The zero-order chi connectivity index (χ0) is 12.4. The van der Waals surface area contributed by atoms with E-state index in [1.807, 2.05) is 6.92 Å². The Kier molecular flexibility index (Phi) is 3.28. The van der Waals surface area contributed by atoms with Crippen LogP contribution in [0.5, 0.6) is 0 Å². The van der Waals surface area contributed by atoms with Gasteiger partial charge in [0, 0.05) is 13.7 Å². The van der Waals surface area contributed by atoms with E-state index in [4.69, 9.17) is 4.74 Å². The summed E-state index contributed by atoms with van der Waals surface area (Å²) in [5.74, 6) is 0.474. The fraction of sp³-hybridized carbons (Fsp3) is 0.700. The molecule has 0 saturated carbocycles. The Morgan fingerprint density at radius 3 is 3.00 bits per heavy atom. The van der Waals surface area contributed by atoms with Gasteiger partial charge >= 0.3 is 5.69 Å². The third-order valence-corrected chi connectivity index (χ3v) is 2.88. The van der Waals surface area contributed by atoms with E-state index in [0.29, 0.717) is 31.1 Å². The Morgan fingerprint density at radius 2 is 2.47 bits per heavy atom. The van der Waals surface area contributed by atoms with Gasteiger partial charge in [0.15, 0.2) is 0 Å². The standard InChI is InChI=1S/C10H16N4O3/c1-3-8-9(14(15)16)10(13(2)12-8)11-7-4-5-17-6-7/h7,11H,3-6H2,1-2H3. The summed E-state index contributed by atoms with van der Waals surface area (Å²) < 4.78 is 6.78. The summed E-state index contributed by atoms with van der Waals surface area (Å²) in [4.78, 5) is 10.7. The molecule has 7 nitrogen and oxygen atoms in total. The Labute approximate surface area is 98.9 Å². The number of anilines is 1. The summed E-state index contributed by atoms with van der Waals surface area (Å²) in [7, 11) is 1.71. The van der Waals surface area contributed by atoms with Crippen LogP contribution in [0.2, 0.25) is 0 Å². The minimum atomic E-state index is -0.371. The van der Waals surface area contributed by atoms with Gasteiger partial charge in [0.25, 0.3) is 0 Å². The highest BCUT2D eigenvalue weighted by molar-refractivity contribution is 5.60. The van der Waals surface area contributed by atoms with Crippen LogP contribution in [0.4, 0.5) is 11.5 Å². The molecule has 0 aliphatic carbocycles. The second-order valence-corrected chi connectivity index (χ2v) is 4.08. The molecule has 2 rings (SSSR count). The number of ether oxygens (including phenoxy) is 1. The molecule has 2 heterocycles. The summed E-state index contributed by atoms with van der Waals surface area (Å²) in [5, 5.41) is 18.4. The number of hydrogen-bond donors (Lipinski definition) is 1. The number of hydrogen-bond acceptors (Lipinski definition) is 5. The van der Waals surface area contributed by atoms with Gasteiger partial charge in [-0.25, -0.2) is 4.68 Å². The van der Waals surface area contributed by atoms with Crippen molar-refractivity contribution >= 4 is 11.5 Å². The first-order chi connectivity index (χ1) is 8.13. The quantitative estimate of drug-likeness (QED) is 0.629. The first-order valence-electron chi connectivity index (χ1n) is 5.68. The predicted molar refractivity (Wildman–Crippen MR) is 62.1 cm³/mol. The summed E-state index contributed by atoms with van der Waals surface area (Å²) in [6.07, 6.45) is 1.41. The maximum Gasteiger partial charge on any atom is 0.333 e. The molecule has 0 spiro atoms. The largest absolute Gasteiger partial charge is 0.379 e. The van der Waals surface area contributed by atoms with Gasteiger partial charge in [-0.2, -0.15) is 5.10 Å². The van der Waals surface area contributed by atoms with Crippen LogP contribution in [-0.4, -0.2) is 34.0 Å². The zero-order valence-corrected chi connectivity index (χ0v) is 9.97. The van der Waals surface area contributed by atoms with Crippen LogP contribution in [-0.2, 0) is 18.2 Å². The van der Waals surface area contributed by atoms with E-state index >= 15 is 0 Å². The van der Waals surface area contributed by atoms with Crippen LogP contribution in [0.25, 0.3) is 0 Å². The molecule has 1 atom stereocenters. The Morgan fingerprint density at radius 1 is 1.71 bits per heavy atom. The second kappa shape index (κ2) is 4.70. The number of nitro groups is 1. The van der Waals surface area contributed by atoms with E-state index in [0.717, 1.165) is 6.42 Å². The van der Waals surface area contributed by atoms with Gasteiger partial charge < -0.3 is 10.1 Å². The first kappa shape index (κ1) is 11.8. The molecule has 17 heavy (non-hydrogen) atoms. The molecule has 1 fully saturated rings. The number of aromatic nitrogens is 2. The van der Waals surface area contributed by atoms with Crippen molar-refractivity contribution in [1.29, 1.82) is 0 Å². The Balaban J connectivity index is 2.30. The molecule has 94 valence electrons. The molecular formula is C10H16N4O3. The van der Waals surface area contributed by atoms with Gasteiger partial charge in [-0.15, -0.1) is 0 Å². The lowest BCUT2D eigenvalue weighted by atomic mass is 10.2. The van der Waals surface area contributed by atoms with E-state index in [1.165, 1.54) is 4.68 Å². The minimum absolute atomic E-state index is 0.0851. The molecule has 0 bridgehead atoms. The lowest BCUT2D eigenvalue weighted by Gasteiger charge is -2.11. The fourth-order valence-corrected chi connectivity index (χ4v) is 2.00. The van der Waals surface area contributed by atoms with Crippen LogP contribution in [0.1, 0.15) is 19.0 Å². The molecule has 0 amide bonds. The molecule has 0 radical (unpaired) electrons. The Hall–Kier alpha value is -1.63. The number of rotatable bonds is 4. The third kappa shape index (κ3) is 2.23. The van der Waals surface area contributed by atoms with Crippen molar-refractivity contribution in [1.82, 2.24) is 9.78 Å². The van der Waals surface area contributed by atoms with E-state index in [2.05, 4.69) is 10.4 Å². The molecule has 1 aromatic heterocycles. The highest BCUT2D eigenvalue weighted by atomic mass is 16.6. The van der Waals surface area contributed by atoms with Crippen molar-refractivity contribution in [2.45, 2.75) is 25.8 Å². The van der Waals surface area contributed by atoms with Crippen molar-refractivity contribution < 1.29 is 9.66 Å². The normalized spacial score (nSPS) is 19.5. The molecule has 1 saturated heterocycles. The molecule has 1 N–H and O–H groups in total. The smallest absolute Gasteiger partial charge is 0.333 e. The van der Waals surface area contributed by atoms with Gasteiger partial charge in [0.05, 0.1) is 17.6 Å². The number of aryl methyl sites for hydroxylation is 2. The van der Waals surface area contributed by atoms with Crippen molar-refractivity contribution in [3.05, 3.63) is 15.8 Å². The third-order valence-electron chi connectivity index (χ3n) is 2.88. The summed E-state index contributed by atoms with van der Waals surface area (Å²) in [6, 6.07) is 0.133. The molecule has 1 aromatic rings. The molecule has 1 aliphatic rings. The monoisotopic (exact) mass is 240 g/mol. The van der Waals surface area contributed by atoms with Crippen LogP contribution in [0, 0.1) is 10.1 Å². The molecular weight excluding hydrogens is 224 g/mol. The Bertz CT molecular complexity index is 423. The topological polar surface area (TPSA) is 82.2 Å². The highest BCUT2D eigenvalue weighted by Gasteiger charge is 2.28. The first-order valence-corrected chi connectivity index (χ1v) is 5.68. The lowest BCUT2D eigenvalue weighted by molar-refractivity contribution is -0.384. The van der Waals surface area contributed by atoms with E-state index in [1.54, 1.807) is 7.05 Å². The minimum Gasteiger partial charge on any atom is -0.379 e. The van der Waals surface area contributed by atoms with Crippen molar-refractivity contribution in [2.75, 3.05) is 18.5 Å². The molecule has 1 unspecified atom stereocenters. The van der Waals surface area contributed by atoms with Crippen LogP contribution < -0.4 is 5.32 Å². The van der Waals surface area contributed by atoms with Gasteiger partial charge in [0.1, 0.15) is 5.69 Å².